The molecule has 18 heavy (non-hydrogen) atoms. The molecule has 1 fully saturated rings. The Labute approximate surface area is 107 Å². The minimum absolute atomic E-state index is 0.110. The topological polar surface area (TPSA) is 78.9 Å². The van der Waals surface area contributed by atoms with Gasteiger partial charge >= 0.3 is 12.0 Å². The van der Waals surface area contributed by atoms with Crippen molar-refractivity contribution in [1.82, 2.24) is 10.2 Å². The summed E-state index contributed by atoms with van der Waals surface area (Å²) in [6.45, 7) is 8.66. The van der Waals surface area contributed by atoms with Gasteiger partial charge in [-0.25, -0.2) is 4.79 Å². The van der Waals surface area contributed by atoms with E-state index >= 15 is 0 Å². The quantitative estimate of drug-likeness (QED) is 0.789. The van der Waals surface area contributed by atoms with Gasteiger partial charge in [0.2, 0.25) is 0 Å². The van der Waals surface area contributed by atoms with Crippen LogP contribution in [-0.4, -0.2) is 53.8 Å². The summed E-state index contributed by atoms with van der Waals surface area (Å²) in [6.07, 6.45) is 0. The van der Waals surface area contributed by atoms with Gasteiger partial charge in [-0.05, 0) is 27.7 Å². The van der Waals surface area contributed by atoms with Crippen molar-refractivity contribution < 1.29 is 19.4 Å². The first-order valence-corrected chi connectivity index (χ1v) is 6.04. The molecule has 0 aromatic rings. The molecule has 0 atom stereocenters. The van der Waals surface area contributed by atoms with Crippen LogP contribution in [-0.2, 0) is 9.53 Å². The summed E-state index contributed by atoms with van der Waals surface area (Å²) < 4.78 is 5.51. The zero-order valence-electron chi connectivity index (χ0n) is 11.4. The largest absolute Gasteiger partial charge is 0.481 e. The summed E-state index contributed by atoms with van der Waals surface area (Å²) >= 11 is 0. The molecule has 1 rings (SSSR count). The third-order valence-electron chi connectivity index (χ3n) is 2.97. The highest BCUT2D eigenvalue weighted by Crippen LogP contribution is 2.17. The second-order valence-corrected chi connectivity index (χ2v) is 5.88. The van der Waals surface area contributed by atoms with Crippen LogP contribution in [0.2, 0.25) is 0 Å². The number of morpholine rings is 1. The molecule has 0 aromatic heterocycles. The number of carbonyl (C=O) groups excluding carboxylic acids is 1. The lowest BCUT2D eigenvalue weighted by atomic mass is 9.94. The summed E-state index contributed by atoms with van der Waals surface area (Å²) in [5.41, 5.74) is -1.31. The van der Waals surface area contributed by atoms with Gasteiger partial charge in [-0.15, -0.1) is 0 Å². The van der Waals surface area contributed by atoms with Crippen LogP contribution in [0, 0.1) is 5.41 Å². The molecule has 1 aliphatic heterocycles. The number of hydrogen-bond donors (Lipinski definition) is 2. The van der Waals surface area contributed by atoms with Crippen molar-refractivity contribution >= 4 is 12.0 Å². The van der Waals surface area contributed by atoms with Crippen molar-refractivity contribution in [3.8, 4) is 0 Å². The number of carboxylic acid groups (broad SMARTS) is 1. The van der Waals surface area contributed by atoms with Gasteiger partial charge in [-0.2, -0.15) is 0 Å². The lowest BCUT2D eigenvalue weighted by molar-refractivity contribution is -0.146. The number of amides is 2. The first-order chi connectivity index (χ1) is 8.14. The number of carboxylic acids is 1. The fraction of sp³-hybridized carbons (Fsp3) is 0.833. The van der Waals surface area contributed by atoms with Crippen LogP contribution in [0.3, 0.4) is 0 Å². The number of urea groups is 1. The monoisotopic (exact) mass is 258 g/mol. The van der Waals surface area contributed by atoms with E-state index in [1.807, 2.05) is 13.8 Å². The molecule has 0 saturated carbocycles. The average molecular weight is 258 g/mol. The lowest BCUT2D eigenvalue weighted by Crippen LogP contribution is -2.54. The number of carbonyl (C=O) groups is 2. The molecule has 6 nitrogen and oxygen atoms in total. The number of rotatable bonds is 3. The highest BCUT2D eigenvalue weighted by molar-refractivity contribution is 5.77. The Morgan fingerprint density at radius 1 is 1.44 bits per heavy atom. The average Bonchev–Trinajstić information content (AvgIpc) is 2.24. The standard InChI is InChI=1S/C12H22N2O4/c1-11(2,9(15)16)7-13-10(17)14-5-6-18-12(3,4)8-14/h5-8H2,1-4H3,(H,13,17)(H,15,16). The van der Waals surface area contributed by atoms with E-state index in [0.29, 0.717) is 19.7 Å². The first kappa shape index (κ1) is 14.8. The Hall–Kier alpha value is -1.30. The summed E-state index contributed by atoms with van der Waals surface area (Å²) in [7, 11) is 0. The Morgan fingerprint density at radius 3 is 2.56 bits per heavy atom. The molecule has 0 unspecified atom stereocenters. The van der Waals surface area contributed by atoms with Crippen LogP contribution in [0.4, 0.5) is 4.79 Å². The smallest absolute Gasteiger partial charge is 0.317 e. The van der Waals surface area contributed by atoms with Crippen LogP contribution in [0.15, 0.2) is 0 Å². The molecule has 2 N–H and O–H groups in total. The normalized spacial score (nSPS) is 19.4. The second-order valence-electron chi connectivity index (χ2n) is 5.88. The van der Waals surface area contributed by atoms with Gasteiger partial charge in [-0.1, -0.05) is 0 Å². The summed E-state index contributed by atoms with van der Waals surface area (Å²) in [4.78, 5) is 24.5. The lowest BCUT2D eigenvalue weighted by Gasteiger charge is -2.38. The number of ether oxygens (including phenoxy) is 1. The van der Waals surface area contributed by atoms with E-state index in [1.54, 1.807) is 18.7 Å². The maximum absolute atomic E-state index is 11.9. The second kappa shape index (κ2) is 5.14. The molecule has 0 aliphatic carbocycles. The summed E-state index contributed by atoms with van der Waals surface area (Å²) in [5, 5.41) is 11.6. The van der Waals surface area contributed by atoms with Gasteiger partial charge in [0, 0.05) is 13.1 Å². The van der Waals surface area contributed by atoms with Gasteiger partial charge in [0.15, 0.2) is 0 Å². The molecule has 0 spiro atoms. The van der Waals surface area contributed by atoms with Gasteiger partial charge in [0.25, 0.3) is 0 Å². The number of nitrogens with one attached hydrogen (secondary N) is 1. The van der Waals surface area contributed by atoms with Crippen molar-refractivity contribution in [3.63, 3.8) is 0 Å². The van der Waals surface area contributed by atoms with E-state index in [1.165, 1.54) is 0 Å². The van der Waals surface area contributed by atoms with E-state index in [0.717, 1.165) is 0 Å². The van der Waals surface area contributed by atoms with Gasteiger partial charge < -0.3 is 20.1 Å². The van der Waals surface area contributed by atoms with Gasteiger partial charge in [0.1, 0.15) is 0 Å². The molecular weight excluding hydrogens is 236 g/mol. The summed E-state index contributed by atoms with van der Waals surface area (Å²) in [5.74, 6) is -0.926. The molecule has 0 aromatic carbocycles. The molecule has 1 saturated heterocycles. The minimum atomic E-state index is -0.961. The predicted octanol–water partition coefficient (Wildman–Crippen LogP) is 0.918. The van der Waals surface area contributed by atoms with Gasteiger partial charge in [-0.3, -0.25) is 4.79 Å². The number of aliphatic carboxylic acids is 1. The highest BCUT2D eigenvalue weighted by atomic mass is 16.5. The van der Waals surface area contributed by atoms with Gasteiger partial charge in [0.05, 0.1) is 24.2 Å². The first-order valence-electron chi connectivity index (χ1n) is 6.04. The Bertz CT molecular complexity index is 339. The van der Waals surface area contributed by atoms with Crippen LogP contribution in [0.25, 0.3) is 0 Å². The maximum atomic E-state index is 11.9. The fourth-order valence-corrected chi connectivity index (χ4v) is 1.67. The highest BCUT2D eigenvalue weighted by Gasteiger charge is 2.32. The van der Waals surface area contributed by atoms with E-state index in [9.17, 15) is 9.59 Å². The van der Waals surface area contributed by atoms with Crippen molar-refractivity contribution in [1.29, 1.82) is 0 Å². The molecule has 6 heteroatoms. The predicted molar refractivity (Wildman–Crippen MR) is 66.4 cm³/mol. The minimum Gasteiger partial charge on any atom is -0.481 e. The van der Waals surface area contributed by atoms with E-state index in [2.05, 4.69) is 5.32 Å². The fourth-order valence-electron chi connectivity index (χ4n) is 1.67. The third-order valence-corrected chi connectivity index (χ3v) is 2.97. The Morgan fingerprint density at radius 2 is 2.06 bits per heavy atom. The molecule has 104 valence electrons. The van der Waals surface area contributed by atoms with Crippen molar-refractivity contribution in [2.75, 3.05) is 26.2 Å². The van der Waals surface area contributed by atoms with E-state index in [4.69, 9.17) is 9.84 Å². The number of hydrogen-bond acceptors (Lipinski definition) is 3. The van der Waals surface area contributed by atoms with Crippen LogP contribution in [0.5, 0.6) is 0 Å². The van der Waals surface area contributed by atoms with Crippen molar-refractivity contribution in [2.45, 2.75) is 33.3 Å². The molecule has 0 bridgehead atoms. The molecular formula is C12H22N2O4. The van der Waals surface area contributed by atoms with Crippen molar-refractivity contribution in [2.24, 2.45) is 5.41 Å². The number of nitrogens with zero attached hydrogens (tertiary/aromatic N) is 1. The molecule has 1 aliphatic rings. The maximum Gasteiger partial charge on any atom is 0.317 e. The van der Waals surface area contributed by atoms with E-state index in [-0.39, 0.29) is 18.2 Å². The zero-order valence-corrected chi connectivity index (χ0v) is 11.4. The Balaban J connectivity index is 2.49. The zero-order chi connectivity index (χ0) is 14.0. The third kappa shape index (κ3) is 3.87. The SMILES string of the molecule is CC1(C)CN(C(=O)NCC(C)(C)C(=O)O)CCO1. The molecule has 1 heterocycles. The van der Waals surface area contributed by atoms with Crippen LogP contribution >= 0.6 is 0 Å². The van der Waals surface area contributed by atoms with E-state index < -0.39 is 11.4 Å². The van der Waals surface area contributed by atoms with Crippen molar-refractivity contribution in [3.05, 3.63) is 0 Å². The summed E-state index contributed by atoms with van der Waals surface area (Å²) in [6, 6.07) is -0.235. The molecule has 0 radical (unpaired) electrons. The van der Waals surface area contributed by atoms with Crippen LogP contribution < -0.4 is 5.32 Å². The van der Waals surface area contributed by atoms with Crippen LogP contribution in [0.1, 0.15) is 27.7 Å². The molecule has 2 amide bonds. The Kier molecular flexibility index (Phi) is 4.21.